The summed E-state index contributed by atoms with van der Waals surface area (Å²) in [7, 11) is 0. The van der Waals surface area contributed by atoms with E-state index in [4.69, 9.17) is 0 Å². The summed E-state index contributed by atoms with van der Waals surface area (Å²) >= 11 is 0. The first-order valence-electron chi connectivity index (χ1n) is 0. The van der Waals surface area contributed by atoms with E-state index in [1.54, 1.807) is 0 Å². The van der Waals surface area contributed by atoms with Gasteiger partial charge in [-0.2, -0.15) is 0 Å². The second kappa shape index (κ2) is 25.1. The zero-order valence-electron chi connectivity index (χ0n) is 2.82. The van der Waals surface area contributed by atoms with Gasteiger partial charge >= 0.3 is 29.6 Å². The Bertz CT molecular complexity index is 11.6. The maximum absolute atomic E-state index is 0. The largest absolute Gasteiger partial charge is 1.00 e. The summed E-state index contributed by atoms with van der Waals surface area (Å²) in [5, 5.41) is 0. The Labute approximate surface area is 60.2 Å². The predicted molar refractivity (Wildman–Crippen MR) is 11.5 cm³/mol. The van der Waals surface area contributed by atoms with Crippen LogP contribution >= 0.6 is 0 Å². The van der Waals surface area contributed by atoms with Crippen LogP contribution in [-0.4, -0.2) is 5.48 Å². The van der Waals surface area contributed by atoms with Crippen LogP contribution in [0.2, 0.25) is 0 Å². The molecule has 2 N–H and O–H groups in total. The minimum absolute atomic E-state index is 0. The standard InChI is InChI=1S/CH4.Na.Ni.H2O.H/h1H4;;;1H2;/q;+1;;;-1. The molecule has 0 aromatic carbocycles. The predicted octanol–water partition coefficient (Wildman–Crippen LogP) is -3.07. The molecule has 0 spiro atoms. The van der Waals surface area contributed by atoms with Gasteiger partial charge in [-0.05, 0) is 0 Å². The second-order valence-electron chi connectivity index (χ2n) is 0. The Kier molecular flexibility index (Phi) is 322. The van der Waals surface area contributed by atoms with E-state index in [0.29, 0.717) is 0 Å². The van der Waals surface area contributed by atoms with E-state index in [1.165, 1.54) is 0 Å². The monoisotopic (exact) mass is 116 g/mol. The van der Waals surface area contributed by atoms with Crippen molar-refractivity contribution in [3.05, 3.63) is 0 Å². The molecule has 0 saturated carbocycles. The molecule has 0 saturated heterocycles. The molecule has 0 radical (unpaired) electrons. The summed E-state index contributed by atoms with van der Waals surface area (Å²) in [4.78, 5) is 0. The first-order chi connectivity index (χ1) is 0. The fourth-order valence-corrected chi connectivity index (χ4v) is 0. The third kappa shape index (κ3) is 9.84. The molecule has 28 valence electrons. The summed E-state index contributed by atoms with van der Waals surface area (Å²) < 4.78 is 0. The molecule has 0 amide bonds. The van der Waals surface area contributed by atoms with Gasteiger partial charge in [0.25, 0.3) is 0 Å². The van der Waals surface area contributed by atoms with Crippen molar-refractivity contribution in [3.63, 3.8) is 0 Å². The van der Waals surface area contributed by atoms with Gasteiger partial charge in [0.05, 0.1) is 0 Å². The molecule has 0 aliphatic rings. The summed E-state index contributed by atoms with van der Waals surface area (Å²) in [6.45, 7) is 0. The molecule has 0 aromatic rings. The van der Waals surface area contributed by atoms with Crippen molar-refractivity contribution in [2.24, 2.45) is 0 Å². The van der Waals surface area contributed by atoms with Gasteiger partial charge < -0.3 is 6.90 Å². The SMILES string of the molecule is C.O.[H-].[Na+].[Ni]. The van der Waals surface area contributed by atoms with Crippen molar-refractivity contribution in [2.75, 3.05) is 0 Å². The molecule has 0 atom stereocenters. The molecule has 0 aliphatic heterocycles. The Morgan fingerprint density at radius 3 is 1.25 bits per heavy atom. The summed E-state index contributed by atoms with van der Waals surface area (Å²) in [5.74, 6) is 0. The molecule has 3 heteroatoms. The molecular formula is CH7NaNiO. The van der Waals surface area contributed by atoms with Gasteiger partial charge in [0, 0.05) is 16.5 Å². The van der Waals surface area contributed by atoms with Gasteiger partial charge in [0.2, 0.25) is 0 Å². The minimum Gasteiger partial charge on any atom is -1.00 e. The zero-order chi connectivity index (χ0) is 0. The van der Waals surface area contributed by atoms with E-state index in [2.05, 4.69) is 0 Å². The van der Waals surface area contributed by atoms with Crippen LogP contribution in [0.15, 0.2) is 0 Å². The molecule has 0 aliphatic carbocycles. The topological polar surface area (TPSA) is 31.5 Å². The van der Waals surface area contributed by atoms with E-state index in [9.17, 15) is 0 Å². The Morgan fingerprint density at radius 2 is 1.25 bits per heavy atom. The van der Waals surface area contributed by atoms with Crippen LogP contribution in [0.3, 0.4) is 0 Å². The average molecular weight is 117 g/mol. The quantitative estimate of drug-likeness (QED) is 0.301. The first-order valence-corrected chi connectivity index (χ1v) is 0. The third-order valence-corrected chi connectivity index (χ3v) is 0. The van der Waals surface area contributed by atoms with Crippen LogP contribution in [0.5, 0.6) is 0 Å². The van der Waals surface area contributed by atoms with Gasteiger partial charge in [0.1, 0.15) is 0 Å². The van der Waals surface area contributed by atoms with Crippen LogP contribution in [0.4, 0.5) is 0 Å². The van der Waals surface area contributed by atoms with E-state index < -0.39 is 0 Å². The normalized spacial score (nSPS) is 0. The fourth-order valence-electron chi connectivity index (χ4n) is 0. The van der Waals surface area contributed by atoms with Gasteiger partial charge in [-0.25, -0.2) is 0 Å². The van der Waals surface area contributed by atoms with Crippen molar-refractivity contribution in [1.82, 2.24) is 0 Å². The minimum atomic E-state index is 0. The van der Waals surface area contributed by atoms with E-state index in [-0.39, 0.29) is 60.4 Å². The maximum Gasteiger partial charge on any atom is 1.00 e. The van der Waals surface area contributed by atoms with Gasteiger partial charge in [0.15, 0.2) is 0 Å². The van der Waals surface area contributed by atoms with E-state index in [0.717, 1.165) is 0 Å². The first kappa shape index (κ1) is 51.2. The number of rotatable bonds is 0. The summed E-state index contributed by atoms with van der Waals surface area (Å²) in [6, 6.07) is 0. The van der Waals surface area contributed by atoms with Crippen molar-refractivity contribution >= 4 is 0 Å². The molecule has 0 rings (SSSR count). The van der Waals surface area contributed by atoms with E-state index in [1.807, 2.05) is 0 Å². The van der Waals surface area contributed by atoms with Crippen molar-refractivity contribution < 1.29 is 53.0 Å². The Hall–Kier alpha value is 1.45. The molecular weight excluding hydrogens is 110 g/mol. The maximum atomic E-state index is 0. The van der Waals surface area contributed by atoms with Crippen molar-refractivity contribution in [2.45, 2.75) is 7.43 Å². The molecule has 0 fully saturated rings. The number of hydrogen-bond donors (Lipinski definition) is 0. The summed E-state index contributed by atoms with van der Waals surface area (Å²) in [5.41, 5.74) is 0. The smallest absolute Gasteiger partial charge is 1.00 e. The molecule has 0 heterocycles. The van der Waals surface area contributed by atoms with Crippen molar-refractivity contribution in [3.8, 4) is 0 Å². The average Bonchev–Trinajstić information content (AvgIpc) is 0. The van der Waals surface area contributed by atoms with Gasteiger partial charge in [-0.3, -0.25) is 0 Å². The molecule has 4 heavy (non-hydrogen) atoms. The van der Waals surface area contributed by atoms with Crippen LogP contribution < -0.4 is 29.6 Å². The van der Waals surface area contributed by atoms with Crippen molar-refractivity contribution in [1.29, 1.82) is 0 Å². The van der Waals surface area contributed by atoms with Crippen LogP contribution in [0.25, 0.3) is 0 Å². The molecule has 1 nitrogen and oxygen atoms in total. The summed E-state index contributed by atoms with van der Waals surface area (Å²) in [6.07, 6.45) is 0. The fraction of sp³-hybridized carbons (Fsp3) is 1.00. The second-order valence-corrected chi connectivity index (χ2v) is 0. The van der Waals surface area contributed by atoms with Gasteiger partial charge in [-0.1, -0.05) is 7.43 Å². The van der Waals surface area contributed by atoms with Crippen LogP contribution in [0, 0.1) is 0 Å². The van der Waals surface area contributed by atoms with E-state index >= 15 is 0 Å². The third-order valence-electron chi connectivity index (χ3n) is 0. The van der Waals surface area contributed by atoms with Gasteiger partial charge in [-0.15, -0.1) is 0 Å². The molecule has 0 bridgehead atoms. The zero-order valence-corrected chi connectivity index (χ0v) is 4.80. The Balaban J connectivity index is 0. The van der Waals surface area contributed by atoms with Crippen LogP contribution in [0.1, 0.15) is 8.85 Å². The molecule has 0 aromatic heterocycles. The van der Waals surface area contributed by atoms with Crippen LogP contribution in [-0.2, 0) is 16.5 Å². The number of hydrogen-bond acceptors (Lipinski definition) is 0. The Morgan fingerprint density at radius 1 is 1.25 bits per heavy atom. The molecule has 0 unspecified atom stereocenters.